The number of hydrogen-bond acceptors (Lipinski definition) is 3. The van der Waals surface area contributed by atoms with E-state index in [2.05, 4.69) is 18.9 Å². The van der Waals surface area contributed by atoms with E-state index in [0.29, 0.717) is 17.5 Å². The monoisotopic (exact) mass is 307 g/mol. The molecule has 0 bridgehead atoms. The average Bonchev–Trinajstić information content (AvgIpc) is 2.94. The molecule has 0 fully saturated rings. The van der Waals surface area contributed by atoms with Crippen LogP contribution < -0.4 is 10.5 Å². The first-order valence-electron chi connectivity index (χ1n) is 7.18. The number of ether oxygens (including phenoxy) is 1. The highest BCUT2D eigenvalue weighted by molar-refractivity contribution is 6.30. The number of nitrogens with zero attached hydrogens (tertiary/aromatic N) is 2. The van der Waals surface area contributed by atoms with Gasteiger partial charge in [0.15, 0.2) is 0 Å². The molecule has 1 heterocycles. The van der Waals surface area contributed by atoms with Crippen LogP contribution in [-0.2, 0) is 6.42 Å². The van der Waals surface area contributed by atoms with Crippen molar-refractivity contribution < 1.29 is 4.74 Å². The van der Waals surface area contributed by atoms with Crippen molar-refractivity contribution in [2.24, 2.45) is 5.73 Å². The first kappa shape index (κ1) is 15.9. The van der Waals surface area contributed by atoms with Crippen LogP contribution in [0.15, 0.2) is 30.5 Å². The van der Waals surface area contributed by atoms with Crippen LogP contribution in [0.25, 0.3) is 0 Å². The molecule has 0 aliphatic rings. The van der Waals surface area contributed by atoms with E-state index in [0.717, 1.165) is 23.4 Å². The molecule has 0 saturated heterocycles. The van der Waals surface area contributed by atoms with Crippen LogP contribution in [0.1, 0.15) is 43.6 Å². The van der Waals surface area contributed by atoms with Crippen molar-refractivity contribution in [3.63, 3.8) is 0 Å². The zero-order chi connectivity index (χ0) is 15.4. The highest BCUT2D eigenvalue weighted by Crippen LogP contribution is 2.28. The fourth-order valence-electron chi connectivity index (χ4n) is 2.25. The molecule has 5 heteroatoms. The van der Waals surface area contributed by atoms with E-state index in [9.17, 15) is 0 Å². The summed E-state index contributed by atoms with van der Waals surface area (Å²) < 4.78 is 7.34. The Morgan fingerprint density at radius 3 is 2.81 bits per heavy atom. The molecule has 2 atom stereocenters. The quantitative estimate of drug-likeness (QED) is 0.884. The van der Waals surface area contributed by atoms with E-state index >= 15 is 0 Å². The molecule has 0 aliphatic heterocycles. The Morgan fingerprint density at radius 2 is 2.14 bits per heavy atom. The smallest absolute Gasteiger partial charge is 0.123 e. The van der Waals surface area contributed by atoms with Gasteiger partial charge in [0.1, 0.15) is 5.75 Å². The lowest BCUT2D eigenvalue weighted by Gasteiger charge is -2.15. The van der Waals surface area contributed by atoms with Crippen molar-refractivity contribution in [3.8, 4) is 5.75 Å². The second-order valence-corrected chi connectivity index (χ2v) is 5.68. The van der Waals surface area contributed by atoms with Crippen molar-refractivity contribution in [2.45, 2.75) is 38.8 Å². The minimum atomic E-state index is -0.195. The second kappa shape index (κ2) is 6.96. The molecule has 0 aliphatic carbocycles. The van der Waals surface area contributed by atoms with Crippen molar-refractivity contribution in [2.75, 3.05) is 7.11 Å². The summed E-state index contributed by atoms with van der Waals surface area (Å²) in [4.78, 5) is 0. The summed E-state index contributed by atoms with van der Waals surface area (Å²) in [5.41, 5.74) is 8.18. The Kier molecular flexibility index (Phi) is 5.26. The molecule has 0 amide bonds. The van der Waals surface area contributed by atoms with Gasteiger partial charge in [-0.25, -0.2) is 0 Å². The minimum Gasteiger partial charge on any atom is -0.496 e. The van der Waals surface area contributed by atoms with Crippen molar-refractivity contribution in [1.82, 2.24) is 9.78 Å². The van der Waals surface area contributed by atoms with Gasteiger partial charge in [0.25, 0.3) is 0 Å². The summed E-state index contributed by atoms with van der Waals surface area (Å²) in [5.74, 6) is 0.758. The van der Waals surface area contributed by atoms with Crippen molar-refractivity contribution in [3.05, 3.63) is 46.7 Å². The molecule has 0 saturated carbocycles. The summed E-state index contributed by atoms with van der Waals surface area (Å²) >= 11 is 6.05. The van der Waals surface area contributed by atoms with Crippen LogP contribution in [0, 0.1) is 0 Å². The van der Waals surface area contributed by atoms with Crippen LogP contribution in [-0.4, -0.2) is 16.9 Å². The Bertz CT molecular complexity index is 597. The largest absolute Gasteiger partial charge is 0.496 e. The molecule has 2 N–H and O–H groups in total. The van der Waals surface area contributed by atoms with Gasteiger partial charge in [0, 0.05) is 35.3 Å². The maximum Gasteiger partial charge on any atom is 0.123 e. The summed E-state index contributed by atoms with van der Waals surface area (Å²) in [5, 5.41) is 5.25. The normalized spacial score (nSPS) is 14.0. The van der Waals surface area contributed by atoms with Crippen LogP contribution in [0.4, 0.5) is 0 Å². The first-order valence-corrected chi connectivity index (χ1v) is 7.56. The Hall–Kier alpha value is -1.52. The number of halogens is 1. The van der Waals surface area contributed by atoms with Gasteiger partial charge < -0.3 is 10.5 Å². The number of methoxy groups -OCH3 is 1. The van der Waals surface area contributed by atoms with Gasteiger partial charge >= 0.3 is 0 Å². The van der Waals surface area contributed by atoms with Gasteiger partial charge in [-0.15, -0.1) is 0 Å². The molecule has 2 unspecified atom stereocenters. The van der Waals surface area contributed by atoms with E-state index in [1.807, 2.05) is 29.1 Å². The lowest BCUT2D eigenvalue weighted by atomic mass is 10.0. The van der Waals surface area contributed by atoms with Crippen molar-refractivity contribution in [1.29, 1.82) is 0 Å². The summed E-state index contributed by atoms with van der Waals surface area (Å²) in [7, 11) is 1.64. The van der Waals surface area contributed by atoms with Crippen molar-refractivity contribution >= 4 is 11.6 Å². The fourth-order valence-corrected chi connectivity index (χ4v) is 2.43. The maximum atomic E-state index is 6.30. The molecule has 114 valence electrons. The summed E-state index contributed by atoms with van der Waals surface area (Å²) in [6.45, 7) is 4.30. The molecule has 1 aromatic carbocycles. The van der Waals surface area contributed by atoms with Crippen LogP contribution in [0.3, 0.4) is 0 Å². The average molecular weight is 308 g/mol. The predicted octanol–water partition coefficient (Wildman–Crippen LogP) is 3.76. The third kappa shape index (κ3) is 3.77. The third-order valence-corrected chi connectivity index (χ3v) is 3.96. The maximum absolute atomic E-state index is 6.30. The standard InChI is InChI=1S/C16H22ClN3O/c1-4-11(2)20-8-7-13(19-20)10-15(18)14-9-12(17)5-6-16(14)21-3/h5-9,11,15H,4,10,18H2,1-3H3. The summed E-state index contributed by atoms with van der Waals surface area (Å²) in [6.07, 6.45) is 3.71. The highest BCUT2D eigenvalue weighted by atomic mass is 35.5. The van der Waals surface area contributed by atoms with Gasteiger partial charge in [0.2, 0.25) is 0 Å². The molecule has 1 aromatic heterocycles. The lowest BCUT2D eigenvalue weighted by molar-refractivity contribution is 0.405. The zero-order valence-corrected chi connectivity index (χ0v) is 13.5. The van der Waals surface area contributed by atoms with Crippen LogP contribution in [0.5, 0.6) is 5.75 Å². The molecule has 21 heavy (non-hydrogen) atoms. The first-order chi connectivity index (χ1) is 10.0. The highest BCUT2D eigenvalue weighted by Gasteiger charge is 2.15. The Labute approximate surface area is 130 Å². The van der Waals surface area contributed by atoms with E-state index in [4.69, 9.17) is 22.1 Å². The van der Waals surface area contributed by atoms with Gasteiger partial charge in [0.05, 0.1) is 12.8 Å². The number of aromatic nitrogens is 2. The number of rotatable bonds is 6. The lowest BCUT2D eigenvalue weighted by Crippen LogP contribution is -2.15. The van der Waals surface area contributed by atoms with E-state index in [1.165, 1.54) is 0 Å². The number of benzene rings is 1. The molecular formula is C16H22ClN3O. The topological polar surface area (TPSA) is 53.1 Å². The fraction of sp³-hybridized carbons (Fsp3) is 0.438. The molecule has 2 aromatic rings. The van der Waals surface area contributed by atoms with Crippen LogP contribution >= 0.6 is 11.6 Å². The number of nitrogens with two attached hydrogens (primary N) is 1. The van der Waals surface area contributed by atoms with E-state index in [1.54, 1.807) is 13.2 Å². The SMILES string of the molecule is CCC(C)n1ccc(CC(N)c2cc(Cl)ccc2OC)n1. The van der Waals surface area contributed by atoms with Gasteiger partial charge in [-0.3, -0.25) is 4.68 Å². The minimum absolute atomic E-state index is 0.195. The second-order valence-electron chi connectivity index (χ2n) is 5.24. The molecular weight excluding hydrogens is 286 g/mol. The van der Waals surface area contributed by atoms with Gasteiger partial charge in [-0.05, 0) is 37.6 Å². The van der Waals surface area contributed by atoms with Crippen LogP contribution in [0.2, 0.25) is 5.02 Å². The molecule has 2 rings (SSSR count). The van der Waals surface area contributed by atoms with Gasteiger partial charge in [-0.1, -0.05) is 18.5 Å². The Morgan fingerprint density at radius 1 is 1.38 bits per heavy atom. The summed E-state index contributed by atoms with van der Waals surface area (Å²) in [6, 6.07) is 7.72. The zero-order valence-electron chi connectivity index (χ0n) is 12.7. The molecule has 0 radical (unpaired) electrons. The predicted molar refractivity (Wildman–Crippen MR) is 85.9 cm³/mol. The van der Waals surface area contributed by atoms with E-state index in [-0.39, 0.29) is 6.04 Å². The van der Waals surface area contributed by atoms with E-state index < -0.39 is 0 Å². The van der Waals surface area contributed by atoms with Gasteiger partial charge in [-0.2, -0.15) is 5.10 Å². The number of hydrogen-bond donors (Lipinski definition) is 1. The Balaban J connectivity index is 2.16. The molecule has 0 spiro atoms. The molecule has 4 nitrogen and oxygen atoms in total. The third-order valence-electron chi connectivity index (χ3n) is 3.73.